The van der Waals surface area contributed by atoms with Gasteiger partial charge in [-0.25, -0.2) is 4.79 Å². The van der Waals surface area contributed by atoms with Crippen molar-refractivity contribution in [3.63, 3.8) is 0 Å². The number of carbonyl (C=O) groups is 2. The van der Waals surface area contributed by atoms with Crippen LogP contribution in [0.5, 0.6) is 0 Å². The molecule has 0 radical (unpaired) electrons. The molecule has 0 saturated carbocycles. The van der Waals surface area contributed by atoms with E-state index in [0.29, 0.717) is 21.5 Å². The third-order valence-corrected chi connectivity index (χ3v) is 3.09. The highest BCUT2D eigenvalue weighted by Gasteiger charge is 2.14. The van der Waals surface area contributed by atoms with Crippen molar-refractivity contribution in [3.8, 4) is 11.4 Å². The molecule has 0 unspecified atom stereocenters. The van der Waals surface area contributed by atoms with Gasteiger partial charge in [-0.1, -0.05) is 18.2 Å². The number of benzene rings is 2. The zero-order valence-corrected chi connectivity index (χ0v) is 11.7. The van der Waals surface area contributed by atoms with E-state index in [1.54, 1.807) is 48.5 Å². The maximum Gasteiger partial charge on any atom is 0.435 e. The van der Waals surface area contributed by atoms with Gasteiger partial charge in [0, 0.05) is 16.8 Å². The lowest BCUT2D eigenvalue weighted by Gasteiger charge is -2.06. The van der Waals surface area contributed by atoms with Gasteiger partial charge in [-0.05, 0) is 46.8 Å². The van der Waals surface area contributed by atoms with Crippen LogP contribution in [0.15, 0.2) is 54.6 Å². The zero-order valence-electron chi connectivity index (χ0n) is 11.7. The molecule has 3 aromatic rings. The number of nitrogens with one attached hydrogen (secondary N) is 1. The second kappa shape index (κ2) is 6.06. The van der Waals surface area contributed by atoms with Gasteiger partial charge in [-0.15, -0.1) is 9.78 Å². The van der Waals surface area contributed by atoms with Crippen LogP contribution in [-0.4, -0.2) is 37.3 Å². The number of aromatic nitrogens is 4. The SMILES string of the molecule is O=C(Nc1ccc(-c2nnnn2C(=O)O)cc1)c1ccccc1. The first-order valence-electron chi connectivity index (χ1n) is 6.63. The van der Waals surface area contributed by atoms with Crippen molar-refractivity contribution in [1.29, 1.82) is 0 Å². The predicted octanol–water partition coefficient (Wildman–Crippen LogP) is 2.12. The first-order chi connectivity index (χ1) is 11.1. The van der Waals surface area contributed by atoms with Gasteiger partial charge in [0.25, 0.3) is 5.91 Å². The van der Waals surface area contributed by atoms with Gasteiger partial charge in [-0.2, -0.15) is 0 Å². The minimum absolute atomic E-state index is 0.110. The standard InChI is InChI=1S/C15H11N5O3/c21-14(11-4-2-1-3-5-11)16-12-8-6-10(7-9-12)13-17-18-19-20(13)15(22)23/h1-9H,(H,16,21)(H,22,23). The second-order valence-corrected chi connectivity index (χ2v) is 4.59. The molecular weight excluding hydrogens is 298 g/mol. The lowest BCUT2D eigenvalue weighted by Crippen LogP contribution is -2.12. The molecule has 8 heteroatoms. The summed E-state index contributed by atoms with van der Waals surface area (Å²) in [6, 6.07) is 15.4. The summed E-state index contributed by atoms with van der Waals surface area (Å²) >= 11 is 0. The fourth-order valence-electron chi connectivity index (χ4n) is 1.99. The molecule has 0 atom stereocenters. The fourth-order valence-corrected chi connectivity index (χ4v) is 1.99. The van der Waals surface area contributed by atoms with E-state index >= 15 is 0 Å². The Kier molecular flexibility index (Phi) is 3.79. The van der Waals surface area contributed by atoms with Crippen LogP contribution in [0.4, 0.5) is 10.5 Å². The molecule has 0 aliphatic carbocycles. The van der Waals surface area contributed by atoms with Crippen LogP contribution in [0.2, 0.25) is 0 Å². The first-order valence-corrected chi connectivity index (χ1v) is 6.63. The summed E-state index contributed by atoms with van der Waals surface area (Å²) in [4.78, 5) is 23.0. The quantitative estimate of drug-likeness (QED) is 0.717. The molecule has 0 spiro atoms. The van der Waals surface area contributed by atoms with E-state index in [4.69, 9.17) is 5.11 Å². The minimum Gasteiger partial charge on any atom is -0.463 e. The summed E-state index contributed by atoms with van der Waals surface area (Å²) in [5.41, 5.74) is 1.65. The fraction of sp³-hybridized carbons (Fsp3) is 0. The van der Waals surface area contributed by atoms with Crippen molar-refractivity contribution in [3.05, 3.63) is 60.2 Å². The maximum atomic E-state index is 12.0. The third-order valence-electron chi connectivity index (χ3n) is 3.09. The Balaban J connectivity index is 1.79. The Bertz CT molecular complexity index is 843. The molecule has 0 bridgehead atoms. The molecule has 3 rings (SSSR count). The predicted molar refractivity (Wildman–Crippen MR) is 81.1 cm³/mol. The zero-order chi connectivity index (χ0) is 16.2. The molecule has 1 heterocycles. The molecule has 2 aromatic carbocycles. The summed E-state index contributed by atoms with van der Waals surface area (Å²) < 4.78 is 0.678. The van der Waals surface area contributed by atoms with E-state index in [9.17, 15) is 9.59 Å². The Morgan fingerprint density at radius 3 is 2.35 bits per heavy atom. The molecule has 0 aliphatic heterocycles. The van der Waals surface area contributed by atoms with Crippen molar-refractivity contribution < 1.29 is 14.7 Å². The average Bonchev–Trinajstić information content (AvgIpc) is 3.06. The number of nitrogens with zero attached hydrogens (tertiary/aromatic N) is 4. The van der Waals surface area contributed by atoms with E-state index in [1.165, 1.54) is 0 Å². The molecule has 114 valence electrons. The number of anilines is 1. The van der Waals surface area contributed by atoms with Gasteiger partial charge >= 0.3 is 6.09 Å². The highest BCUT2D eigenvalue weighted by molar-refractivity contribution is 6.04. The normalized spacial score (nSPS) is 10.3. The maximum absolute atomic E-state index is 12.0. The molecule has 8 nitrogen and oxygen atoms in total. The van der Waals surface area contributed by atoms with Crippen LogP contribution >= 0.6 is 0 Å². The number of amides is 1. The van der Waals surface area contributed by atoms with E-state index in [2.05, 4.69) is 20.8 Å². The Labute approximate surface area is 130 Å². The number of carboxylic acid groups (broad SMARTS) is 1. The molecule has 2 N–H and O–H groups in total. The van der Waals surface area contributed by atoms with Crippen molar-refractivity contribution in [2.45, 2.75) is 0 Å². The highest BCUT2D eigenvalue weighted by Crippen LogP contribution is 2.19. The average molecular weight is 309 g/mol. The summed E-state index contributed by atoms with van der Waals surface area (Å²) in [6.07, 6.45) is -1.27. The Morgan fingerprint density at radius 2 is 1.70 bits per heavy atom. The van der Waals surface area contributed by atoms with Gasteiger partial charge in [-0.3, -0.25) is 4.79 Å². The van der Waals surface area contributed by atoms with E-state index in [-0.39, 0.29) is 11.7 Å². The van der Waals surface area contributed by atoms with Crippen LogP contribution < -0.4 is 5.32 Å². The van der Waals surface area contributed by atoms with E-state index < -0.39 is 6.09 Å². The topological polar surface area (TPSA) is 110 Å². The van der Waals surface area contributed by atoms with Crippen LogP contribution in [0, 0.1) is 0 Å². The Morgan fingerprint density at radius 1 is 1.00 bits per heavy atom. The lowest BCUT2D eigenvalue weighted by atomic mass is 10.1. The molecule has 23 heavy (non-hydrogen) atoms. The van der Waals surface area contributed by atoms with Crippen LogP contribution in [0.3, 0.4) is 0 Å². The highest BCUT2D eigenvalue weighted by atomic mass is 16.4. The second-order valence-electron chi connectivity index (χ2n) is 4.59. The first kappa shape index (κ1) is 14.4. The smallest absolute Gasteiger partial charge is 0.435 e. The van der Waals surface area contributed by atoms with Crippen molar-refractivity contribution in [2.75, 3.05) is 5.32 Å². The molecule has 0 aliphatic rings. The van der Waals surface area contributed by atoms with Gasteiger partial charge < -0.3 is 10.4 Å². The van der Waals surface area contributed by atoms with E-state index in [0.717, 1.165) is 0 Å². The number of hydrogen-bond acceptors (Lipinski definition) is 5. The molecule has 1 amide bonds. The van der Waals surface area contributed by atoms with Gasteiger partial charge in [0.05, 0.1) is 0 Å². The molecule has 0 fully saturated rings. The van der Waals surface area contributed by atoms with Crippen molar-refractivity contribution >= 4 is 17.7 Å². The number of carbonyl (C=O) groups excluding carboxylic acids is 1. The van der Waals surface area contributed by atoms with Crippen molar-refractivity contribution in [1.82, 2.24) is 20.2 Å². The van der Waals surface area contributed by atoms with Gasteiger partial charge in [0.15, 0.2) is 5.82 Å². The number of rotatable bonds is 3. The lowest BCUT2D eigenvalue weighted by molar-refractivity contribution is 0.102. The van der Waals surface area contributed by atoms with Crippen LogP contribution in [0.25, 0.3) is 11.4 Å². The molecule has 0 saturated heterocycles. The summed E-state index contributed by atoms with van der Waals surface area (Å²) in [7, 11) is 0. The minimum atomic E-state index is -1.27. The number of tetrazole rings is 1. The van der Waals surface area contributed by atoms with Crippen LogP contribution in [-0.2, 0) is 0 Å². The third kappa shape index (κ3) is 3.05. The molecular formula is C15H11N5O3. The summed E-state index contributed by atoms with van der Waals surface area (Å²) in [5, 5.41) is 22.1. The largest absolute Gasteiger partial charge is 0.463 e. The van der Waals surface area contributed by atoms with Gasteiger partial charge in [0.2, 0.25) is 0 Å². The van der Waals surface area contributed by atoms with Gasteiger partial charge in [0.1, 0.15) is 0 Å². The Hall–Kier alpha value is -3.55. The summed E-state index contributed by atoms with van der Waals surface area (Å²) in [6.45, 7) is 0. The van der Waals surface area contributed by atoms with Crippen molar-refractivity contribution in [2.24, 2.45) is 0 Å². The number of hydrogen-bond donors (Lipinski definition) is 2. The molecule has 1 aromatic heterocycles. The summed E-state index contributed by atoms with van der Waals surface area (Å²) in [5.74, 6) is -0.118. The van der Waals surface area contributed by atoms with Crippen LogP contribution in [0.1, 0.15) is 10.4 Å². The van der Waals surface area contributed by atoms with E-state index in [1.807, 2.05) is 6.07 Å². The monoisotopic (exact) mass is 309 g/mol.